The van der Waals surface area contributed by atoms with Crippen LogP contribution >= 0.6 is 0 Å². The maximum atomic E-state index is 14.6. The van der Waals surface area contributed by atoms with E-state index in [0.717, 1.165) is 5.56 Å². The Morgan fingerprint density at radius 3 is 2.53 bits per heavy atom. The van der Waals surface area contributed by atoms with E-state index in [1.165, 1.54) is 11.1 Å². The van der Waals surface area contributed by atoms with Gasteiger partial charge in [0.15, 0.2) is 0 Å². The number of rotatable bonds is 5. The molecule has 0 N–H and O–H groups in total. The molecule has 1 atom stereocenters. The van der Waals surface area contributed by atoms with Gasteiger partial charge in [0, 0.05) is 50.7 Å². The zero-order valence-corrected chi connectivity index (χ0v) is 18.3. The van der Waals surface area contributed by atoms with Crippen molar-refractivity contribution in [3.63, 3.8) is 0 Å². The number of hydrogen-bond donors (Lipinski definition) is 0. The molecule has 2 aromatic carbocycles. The largest absolute Gasteiger partial charge is 0.497 e. The van der Waals surface area contributed by atoms with Crippen molar-refractivity contribution in [2.24, 2.45) is 5.10 Å². The summed E-state index contributed by atoms with van der Waals surface area (Å²) in [6.07, 6.45) is 0.415. The van der Waals surface area contributed by atoms with Crippen LogP contribution in [0.4, 0.5) is 4.39 Å². The van der Waals surface area contributed by atoms with E-state index in [0.29, 0.717) is 49.6 Å². The monoisotopic (exact) mass is 438 g/mol. The molecular weight excluding hydrogens is 411 g/mol. The highest BCUT2D eigenvalue weighted by Gasteiger charge is 2.35. The highest BCUT2D eigenvalue weighted by Crippen LogP contribution is 2.34. The molecule has 0 aliphatic carbocycles. The molecule has 2 aliphatic heterocycles. The van der Waals surface area contributed by atoms with E-state index in [2.05, 4.69) is 5.10 Å². The lowest BCUT2D eigenvalue weighted by Gasteiger charge is -2.34. The molecule has 168 valence electrons. The minimum atomic E-state index is -0.511. The normalized spacial score (nSPS) is 19.1. The van der Waals surface area contributed by atoms with Gasteiger partial charge in [-0.2, -0.15) is 5.10 Å². The molecule has 1 saturated heterocycles. The highest BCUT2D eigenvalue weighted by atomic mass is 19.1. The second-order valence-corrected chi connectivity index (χ2v) is 8.04. The summed E-state index contributed by atoms with van der Waals surface area (Å²) in [5, 5.41) is 6.05. The Morgan fingerprint density at radius 2 is 1.84 bits per heavy atom. The predicted octanol–water partition coefficient (Wildman–Crippen LogP) is 2.68. The summed E-state index contributed by atoms with van der Waals surface area (Å²) in [6.45, 7) is 4.16. The van der Waals surface area contributed by atoms with E-state index in [9.17, 15) is 14.0 Å². The number of nitrogens with zero attached hydrogens (tertiary/aromatic N) is 4. The number of carbonyl (C=O) groups is 2. The first-order valence-corrected chi connectivity index (χ1v) is 10.7. The molecule has 4 rings (SSSR count). The Labute approximate surface area is 187 Å². The Hall–Kier alpha value is -3.26. The molecule has 0 aromatic heterocycles. The first-order valence-electron chi connectivity index (χ1n) is 10.7. The van der Waals surface area contributed by atoms with Crippen molar-refractivity contribution in [2.45, 2.75) is 19.4 Å². The smallest absolute Gasteiger partial charge is 0.257 e. The van der Waals surface area contributed by atoms with Gasteiger partial charge >= 0.3 is 0 Å². The molecule has 0 bridgehead atoms. The van der Waals surface area contributed by atoms with Crippen LogP contribution in [0.3, 0.4) is 0 Å². The van der Waals surface area contributed by atoms with Crippen molar-refractivity contribution in [1.29, 1.82) is 0 Å². The van der Waals surface area contributed by atoms with E-state index in [1.54, 1.807) is 37.1 Å². The summed E-state index contributed by atoms with van der Waals surface area (Å²) >= 11 is 0. The molecular formula is C24H27FN4O3. The number of piperazine rings is 1. The number of carbonyl (C=O) groups excluding carboxylic acids is 2. The lowest BCUT2D eigenvalue weighted by molar-refractivity contribution is -0.135. The molecule has 7 nitrogen and oxygen atoms in total. The molecule has 2 amide bonds. The molecule has 0 saturated carbocycles. The van der Waals surface area contributed by atoms with Crippen molar-refractivity contribution < 1.29 is 18.7 Å². The Kier molecular flexibility index (Phi) is 6.50. The maximum Gasteiger partial charge on any atom is 0.257 e. The van der Waals surface area contributed by atoms with Crippen LogP contribution in [-0.2, 0) is 9.59 Å². The lowest BCUT2D eigenvalue weighted by Crippen LogP contribution is -2.50. The second kappa shape index (κ2) is 9.48. The van der Waals surface area contributed by atoms with Gasteiger partial charge in [0.1, 0.15) is 11.6 Å². The van der Waals surface area contributed by atoms with Crippen LogP contribution in [0.15, 0.2) is 53.6 Å². The van der Waals surface area contributed by atoms with Crippen LogP contribution < -0.4 is 4.74 Å². The van der Waals surface area contributed by atoms with Gasteiger partial charge in [-0.05, 0) is 18.2 Å². The molecule has 0 spiro atoms. The van der Waals surface area contributed by atoms with Crippen molar-refractivity contribution in [1.82, 2.24) is 14.8 Å². The summed E-state index contributed by atoms with van der Waals surface area (Å²) in [5.74, 6) is 0.198. The molecule has 8 heteroatoms. The quantitative estimate of drug-likeness (QED) is 0.720. The average Bonchev–Trinajstić information content (AvgIpc) is 3.25. The van der Waals surface area contributed by atoms with Gasteiger partial charge in [-0.3, -0.25) is 14.5 Å². The van der Waals surface area contributed by atoms with E-state index in [1.807, 2.05) is 29.2 Å². The van der Waals surface area contributed by atoms with Crippen molar-refractivity contribution in [3.8, 4) is 5.75 Å². The van der Waals surface area contributed by atoms with E-state index >= 15 is 0 Å². The zero-order valence-electron chi connectivity index (χ0n) is 18.3. The van der Waals surface area contributed by atoms with Gasteiger partial charge in [-0.25, -0.2) is 9.40 Å². The summed E-state index contributed by atoms with van der Waals surface area (Å²) in [7, 11) is 1.60. The number of halogens is 1. The molecule has 2 aliphatic rings. The third-order valence-electron chi connectivity index (χ3n) is 6.01. The molecule has 0 radical (unpaired) electrons. The first-order chi connectivity index (χ1) is 15.5. The summed E-state index contributed by atoms with van der Waals surface area (Å²) in [6, 6.07) is 13.5. The Bertz CT molecular complexity index is 1030. The predicted molar refractivity (Wildman–Crippen MR) is 119 cm³/mol. The maximum absolute atomic E-state index is 14.6. The SMILES string of the molecule is COc1cccc(C2=NN(C(=O)CN3CCN(C(C)=O)CC3)[C@H](c3ccccc3F)C2)c1. The van der Waals surface area contributed by atoms with Crippen LogP contribution in [0.1, 0.15) is 30.5 Å². The van der Waals surface area contributed by atoms with Gasteiger partial charge in [0.2, 0.25) is 5.91 Å². The van der Waals surface area contributed by atoms with Crippen molar-refractivity contribution in [3.05, 3.63) is 65.5 Å². The number of hydrazone groups is 1. The molecule has 0 unspecified atom stereocenters. The molecule has 2 heterocycles. The third-order valence-corrected chi connectivity index (χ3v) is 6.01. The third kappa shape index (κ3) is 4.65. The average molecular weight is 439 g/mol. The van der Waals surface area contributed by atoms with Gasteiger partial charge in [0.05, 0.1) is 25.4 Å². The van der Waals surface area contributed by atoms with Gasteiger partial charge in [0.25, 0.3) is 5.91 Å². The van der Waals surface area contributed by atoms with E-state index < -0.39 is 6.04 Å². The number of amides is 2. The number of hydrogen-bond acceptors (Lipinski definition) is 5. The lowest BCUT2D eigenvalue weighted by atomic mass is 9.98. The highest BCUT2D eigenvalue weighted by molar-refractivity contribution is 6.03. The fraction of sp³-hybridized carbons (Fsp3) is 0.375. The molecule has 32 heavy (non-hydrogen) atoms. The molecule has 2 aromatic rings. The zero-order chi connectivity index (χ0) is 22.7. The summed E-state index contributed by atoms with van der Waals surface area (Å²) in [4.78, 5) is 28.6. The summed E-state index contributed by atoms with van der Waals surface area (Å²) in [5.41, 5.74) is 2.01. The van der Waals surface area contributed by atoms with Crippen LogP contribution in [0.2, 0.25) is 0 Å². The second-order valence-electron chi connectivity index (χ2n) is 8.04. The standard InChI is InChI=1S/C24H27FN4O3/c1-17(30)28-12-10-27(11-13-28)16-24(31)29-23(20-8-3-4-9-21(20)25)15-22(26-29)18-6-5-7-19(14-18)32-2/h3-9,14,23H,10-13,15-16H2,1-2H3/t23-/m0/s1. The Morgan fingerprint density at radius 1 is 1.09 bits per heavy atom. The minimum Gasteiger partial charge on any atom is -0.497 e. The van der Waals surface area contributed by atoms with Crippen molar-refractivity contribution in [2.75, 3.05) is 39.8 Å². The van der Waals surface area contributed by atoms with Gasteiger partial charge in [-0.15, -0.1) is 0 Å². The van der Waals surface area contributed by atoms with Crippen LogP contribution in [0.5, 0.6) is 5.75 Å². The fourth-order valence-corrected chi connectivity index (χ4v) is 4.19. The van der Waals surface area contributed by atoms with Gasteiger partial charge < -0.3 is 9.64 Å². The van der Waals surface area contributed by atoms with Crippen LogP contribution in [0.25, 0.3) is 0 Å². The Balaban J connectivity index is 1.56. The summed E-state index contributed by atoms with van der Waals surface area (Å²) < 4.78 is 20.0. The van der Waals surface area contributed by atoms with E-state index in [-0.39, 0.29) is 24.2 Å². The van der Waals surface area contributed by atoms with Crippen molar-refractivity contribution >= 4 is 17.5 Å². The fourth-order valence-electron chi connectivity index (χ4n) is 4.19. The molecule has 1 fully saturated rings. The minimum absolute atomic E-state index is 0.0441. The van der Waals surface area contributed by atoms with Gasteiger partial charge in [-0.1, -0.05) is 30.3 Å². The number of methoxy groups -OCH3 is 1. The van der Waals surface area contributed by atoms with Crippen LogP contribution in [0, 0.1) is 5.82 Å². The number of ether oxygens (including phenoxy) is 1. The van der Waals surface area contributed by atoms with E-state index in [4.69, 9.17) is 4.74 Å². The first kappa shape index (κ1) is 22.0. The van der Waals surface area contributed by atoms with Crippen LogP contribution in [-0.4, -0.2) is 72.2 Å². The topological polar surface area (TPSA) is 65.5 Å². The number of benzene rings is 2.